The normalized spacial score (nSPS) is 11.7. The molecule has 2 aromatic heterocycles. The van der Waals surface area contributed by atoms with Gasteiger partial charge in [-0.2, -0.15) is 0 Å². The second-order valence-corrected chi connectivity index (χ2v) is 6.20. The molecule has 0 aliphatic heterocycles. The minimum atomic E-state index is -0.538. The van der Waals surface area contributed by atoms with Gasteiger partial charge in [-0.05, 0) is 26.8 Å². The van der Waals surface area contributed by atoms with Crippen LogP contribution < -0.4 is 5.32 Å². The number of hydrogen-bond acceptors (Lipinski definition) is 5. The van der Waals surface area contributed by atoms with Crippen molar-refractivity contribution in [2.45, 2.75) is 39.5 Å². The van der Waals surface area contributed by atoms with Gasteiger partial charge in [0, 0.05) is 24.8 Å². The second kappa shape index (κ2) is 6.50. The monoisotopic (exact) mass is 326 g/mol. The highest BCUT2D eigenvalue weighted by molar-refractivity contribution is 6.29. The van der Waals surface area contributed by atoms with Gasteiger partial charge in [0.1, 0.15) is 11.1 Å². The molecule has 2 N–H and O–H groups in total. The molecule has 2 rings (SSSR count). The Morgan fingerprint density at radius 2 is 2.14 bits per heavy atom. The van der Waals surface area contributed by atoms with Crippen molar-refractivity contribution in [3.05, 3.63) is 23.0 Å². The maximum Gasteiger partial charge on any atom is 0.407 e. The summed E-state index contributed by atoms with van der Waals surface area (Å²) < 4.78 is 7.01. The molecule has 0 saturated heterocycles. The standard InChI is InChI=1S/C14H19ClN4O3/c1-14(2,3)22-13(21)16-4-5-19-9(8-20)6-10-11(19)7-12(15)18-17-10/h6-7,20H,4-5,8H2,1-3H3,(H,16,21). The molecule has 0 aliphatic rings. The third-order valence-electron chi connectivity index (χ3n) is 2.88. The minimum Gasteiger partial charge on any atom is -0.444 e. The van der Waals surface area contributed by atoms with Gasteiger partial charge in [0.2, 0.25) is 0 Å². The number of nitrogens with zero attached hydrogens (tertiary/aromatic N) is 3. The Bertz CT molecular complexity index is 679. The molecule has 0 aromatic carbocycles. The Labute approximate surface area is 133 Å². The van der Waals surface area contributed by atoms with E-state index in [2.05, 4.69) is 15.5 Å². The first kappa shape index (κ1) is 16.5. The fraction of sp³-hybridized carbons (Fsp3) is 0.500. The van der Waals surface area contributed by atoms with Crippen LogP contribution in [0.25, 0.3) is 11.0 Å². The van der Waals surface area contributed by atoms with E-state index in [1.165, 1.54) is 0 Å². The van der Waals surface area contributed by atoms with Crippen molar-refractivity contribution in [3.63, 3.8) is 0 Å². The lowest BCUT2D eigenvalue weighted by molar-refractivity contribution is 0.0526. The predicted octanol–water partition coefficient (Wildman–Crippen LogP) is 2.10. The summed E-state index contributed by atoms with van der Waals surface area (Å²) in [6.07, 6.45) is -0.479. The molecule has 0 atom stereocenters. The van der Waals surface area contributed by atoms with E-state index in [0.717, 1.165) is 5.52 Å². The number of halogens is 1. The van der Waals surface area contributed by atoms with Crippen LogP contribution in [-0.4, -0.2) is 38.1 Å². The number of carbonyl (C=O) groups excluding carboxylic acids is 1. The predicted molar refractivity (Wildman–Crippen MR) is 82.7 cm³/mol. The van der Waals surface area contributed by atoms with Gasteiger partial charge in [-0.25, -0.2) is 4.79 Å². The molecule has 0 fully saturated rings. The van der Waals surface area contributed by atoms with Gasteiger partial charge in [0.15, 0.2) is 5.15 Å². The number of carbonyl (C=O) groups is 1. The molecule has 0 aliphatic carbocycles. The maximum atomic E-state index is 11.6. The summed E-state index contributed by atoms with van der Waals surface area (Å²) in [5, 5.41) is 20.1. The second-order valence-electron chi connectivity index (χ2n) is 5.81. The molecule has 0 spiro atoms. The summed E-state index contributed by atoms with van der Waals surface area (Å²) in [7, 11) is 0. The van der Waals surface area contributed by atoms with Crippen molar-refractivity contribution in [2.24, 2.45) is 0 Å². The molecule has 0 saturated carbocycles. The SMILES string of the molecule is CC(C)(C)OC(=O)NCCn1c(CO)cc2nnc(Cl)cc21. The fourth-order valence-corrected chi connectivity index (χ4v) is 2.20. The Balaban J connectivity index is 2.08. The molecule has 22 heavy (non-hydrogen) atoms. The van der Waals surface area contributed by atoms with E-state index in [9.17, 15) is 9.90 Å². The van der Waals surface area contributed by atoms with E-state index in [-0.39, 0.29) is 11.8 Å². The van der Waals surface area contributed by atoms with Crippen LogP contribution in [0.5, 0.6) is 0 Å². The molecule has 120 valence electrons. The van der Waals surface area contributed by atoms with Crippen molar-refractivity contribution in [3.8, 4) is 0 Å². The number of alkyl carbamates (subject to hydrolysis) is 1. The number of aliphatic hydroxyl groups excluding tert-OH is 1. The van der Waals surface area contributed by atoms with Gasteiger partial charge in [-0.1, -0.05) is 11.6 Å². The van der Waals surface area contributed by atoms with E-state index in [1.807, 2.05) is 4.57 Å². The Hall–Kier alpha value is -1.86. The number of aliphatic hydroxyl groups is 1. The average Bonchev–Trinajstić information content (AvgIpc) is 2.74. The summed E-state index contributed by atoms with van der Waals surface area (Å²) in [4.78, 5) is 11.6. The molecule has 1 amide bonds. The molecule has 2 heterocycles. The first-order valence-electron chi connectivity index (χ1n) is 6.89. The third-order valence-corrected chi connectivity index (χ3v) is 3.06. The molecule has 2 aromatic rings. The van der Waals surface area contributed by atoms with Crippen molar-refractivity contribution >= 4 is 28.7 Å². The van der Waals surface area contributed by atoms with Gasteiger partial charge in [0.05, 0.1) is 12.1 Å². The average molecular weight is 327 g/mol. The van der Waals surface area contributed by atoms with Crippen molar-refractivity contribution in [1.29, 1.82) is 0 Å². The van der Waals surface area contributed by atoms with Crippen LogP contribution in [-0.2, 0) is 17.9 Å². The summed E-state index contributed by atoms with van der Waals surface area (Å²) >= 11 is 5.86. The smallest absolute Gasteiger partial charge is 0.407 e. The van der Waals surface area contributed by atoms with Crippen LogP contribution in [0.2, 0.25) is 5.15 Å². The lowest BCUT2D eigenvalue weighted by Gasteiger charge is -2.20. The molecular weight excluding hydrogens is 308 g/mol. The van der Waals surface area contributed by atoms with Gasteiger partial charge >= 0.3 is 6.09 Å². The molecule has 0 unspecified atom stereocenters. The number of fused-ring (bicyclic) bond motifs is 1. The summed E-state index contributed by atoms with van der Waals surface area (Å²) in [6, 6.07) is 3.42. The van der Waals surface area contributed by atoms with Crippen LogP contribution in [0, 0.1) is 0 Å². The quantitative estimate of drug-likeness (QED) is 0.898. The van der Waals surface area contributed by atoms with E-state index in [4.69, 9.17) is 16.3 Å². The number of amides is 1. The highest BCUT2D eigenvalue weighted by Crippen LogP contribution is 2.19. The highest BCUT2D eigenvalue weighted by atomic mass is 35.5. The van der Waals surface area contributed by atoms with E-state index in [0.29, 0.717) is 24.3 Å². The van der Waals surface area contributed by atoms with Crippen molar-refractivity contribution in [2.75, 3.05) is 6.54 Å². The topological polar surface area (TPSA) is 89.3 Å². The first-order chi connectivity index (χ1) is 10.3. The molecule has 7 nitrogen and oxygen atoms in total. The van der Waals surface area contributed by atoms with Crippen LogP contribution in [0.1, 0.15) is 26.5 Å². The zero-order chi connectivity index (χ0) is 16.3. The van der Waals surface area contributed by atoms with Crippen molar-refractivity contribution in [1.82, 2.24) is 20.1 Å². The number of aromatic nitrogens is 3. The summed E-state index contributed by atoms with van der Waals surface area (Å²) in [6.45, 7) is 6.08. The van der Waals surface area contributed by atoms with Gasteiger partial charge in [-0.15, -0.1) is 10.2 Å². The molecule has 0 radical (unpaired) electrons. The lowest BCUT2D eigenvalue weighted by Crippen LogP contribution is -2.34. The number of rotatable bonds is 4. The highest BCUT2D eigenvalue weighted by Gasteiger charge is 2.16. The van der Waals surface area contributed by atoms with Gasteiger partial charge < -0.3 is 19.7 Å². The molecule has 0 bridgehead atoms. The number of hydrogen-bond donors (Lipinski definition) is 2. The number of ether oxygens (including phenoxy) is 1. The first-order valence-corrected chi connectivity index (χ1v) is 7.27. The third kappa shape index (κ3) is 4.08. The van der Waals surface area contributed by atoms with Crippen molar-refractivity contribution < 1.29 is 14.6 Å². The van der Waals surface area contributed by atoms with E-state index >= 15 is 0 Å². The van der Waals surface area contributed by atoms with Crippen LogP contribution >= 0.6 is 11.6 Å². The fourth-order valence-electron chi connectivity index (χ4n) is 2.06. The zero-order valence-corrected chi connectivity index (χ0v) is 13.5. The minimum absolute atomic E-state index is 0.138. The Morgan fingerprint density at radius 3 is 2.77 bits per heavy atom. The molecule has 8 heteroatoms. The molecular formula is C14H19ClN4O3. The van der Waals surface area contributed by atoms with Gasteiger partial charge in [-0.3, -0.25) is 0 Å². The number of nitrogens with one attached hydrogen (secondary N) is 1. The van der Waals surface area contributed by atoms with Crippen LogP contribution in [0.4, 0.5) is 4.79 Å². The Morgan fingerprint density at radius 1 is 1.41 bits per heavy atom. The zero-order valence-electron chi connectivity index (χ0n) is 12.8. The van der Waals surface area contributed by atoms with Crippen LogP contribution in [0.15, 0.2) is 12.1 Å². The van der Waals surface area contributed by atoms with Gasteiger partial charge in [0.25, 0.3) is 0 Å². The largest absolute Gasteiger partial charge is 0.444 e. The maximum absolute atomic E-state index is 11.6. The van der Waals surface area contributed by atoms with E-state index in [1.54, 1.807) is 32.9 Å². The lowest BCUT2D eigenvalue weighted by atomic mass is 10.2. The van der Waals surface area contributed by atoms with E-state index < -0.39 is 11.7 Å². The Kier molecular flexibility index (Phi) is 4.87. The summed E-state index contributed by atoms with van der Waals surface area (Å²) in [5.41, 5.74) is 1.54. The van der Waals surface area contributed by atoms with Crippen LogP contribution in [0.3, 0.4) is 0 Å². The summed E-state index contributed by atoms with van der Waals surface area (Å²) in [5.74, 6) is 0.